The van der Waals surface area contributed by atoms with Gasteiger partial charge >= 0.3 is 5.97 Å². The number of carbonyl (C=O) groups is 2. The third-order valence-corrected chi connectivity index (χ3v) is 4.55. The fourth-order valence-corrected chi connectivity index (χ4v) is 3.03. The van der Waals surface area contributed by atoms with Crippen LogP contribution < -0.4 is 0 Å². The Bertz CT molecular complexity index is 573. The minimum absolute atomic E-state index is 0.0202. The Morgan fingerprint density at radius 2 is 2.17 bits per heavy atom. The molecule has 1 unspecified atom stereocenters. The maximum atomic E-state index is 12.3. The van der Waals surface area contributed by atoms with Crippen LogP contribution in [0.5, 0.6) is 0 Å². The van der Waals surface area contributed by atoms with Gasteiger partial charge in [-0.15, -0.1) is 0 Å². The molecule has 1 fully saturated rings. The molecule has 23 heavy (non-hydrogen) atoms. The number of likely N-dealkylation sites (N-methyl/N-ethyl adjacent to an activating group) is 1. The van der Waals surface area contributed by atoms with E-state index >= 15 is 0 Å². The van der Waals surface area contributed by atoms with Gasteiger partial charge in [-0.2, -0.15) is 0 Å². The van der Waals surface area contributed by atoms with Crippen LogP contribution in [0.4, 0.5) is 0 Å². The molecule has 2 heterocycles. The van der Waals surface area contributed by atoms with Gasteiger partial charge in [-0.25, -0.2) is 4.98 Å². The SMILES string of the molecule is CN(C)C1CCN(C(=O)CCc2ncc(Cl)n2CCC(=O)O)C1. The molecule has 0 spiro atoms. The van der Waals surface area contributed by atoms with Gasteiger partial charge in [0.15, 0.2) is 0 Å². The summed E-state index contributed by atoms with van der Waals surface area (Å²) in [4.78, 5) is 31.2. The maximum absolute atomic E-state index is 12.3. The number of imidazole rings is 1. The van der Waals surface area contributed by atoms with Gasteiger partial charge in [-0.1, -0.05) is 11.6 Å². The average Bonchev–Trinajstić information content (AvgIpc) is 3.10. The van der Waals surface area contributed by atoms with Crippen LogP contribution in [-0.2, 0) is 22.6 Å². The van der Waals surface area contributed by atoms with Crippen molar-refractivity contribution in [3.05, 3.63) is 17.2 Å². The second-order valence-electron chi connectivity index (χ2n) is 6.04. The highest BCUT2D eigenvalue weighted by Crippen LogP contribution is 2.17. The Balaban J connectivity index is 1.88. The summed E-state index contributed by atoms with van der Waals surface area (Å²) < 4.78 is 1.66. The molecule has 0 bridgehead atoms. The van der Waals surface area contributed by atoms with Gasteiger partial charge in [-0.05, 0) is 20.5 Å². The van der Waals surface area contributed by atoms with Crippen LogP contribution in [-0.4, -0.2) is 69.6 Å². The van der Waals surface area contributed by atoms with Crippen molar-refractivity contribution in [2.75, 3.05) is 27.2 Å². The number of rotatable bonds is 7. The van der Waals surface area contributed by atoms with Crippen molar-refractivity contribution in [3.63, 3.8) is 0 Å². The first-order chi connectivity index (χ1) is 10.9. The predicted octanol–water partition coefficient (Wildman–Crippen LogP) is 1.11. The first kappa shape index (κ1) is 17.7. The molecule has 7 nitrogen and oxygen atoms in total. The first-order valence-corrected chi connectivity index (χ1v) is 8.12. The number of aromatic nitrogens is 2. The number of carbonyl (C=O) groups excluding carboxylic acids is 1. The zero-order valence-corrected chi connectivity index (χ0v) is 14.3. The van der Waals surface area contributed by atoms with Crippen molar-refractivity contribution < 1.29 is 14.7 Å². The van der Waals surface area contributed by atoms with Gasteiger partial charge in [-0.3, -0.25) is 9.59 Å². The summed E-state index contributed by atoms with van der Waals surface area (Å²) in [5, 5.41) is 9.19. The molecule has 1 aliphatic rings. The lowest BCUT2D eigenvalue weighted by atomic mass is 10.2. The van der Waals surface area contributed by atoms with Gasteiger partial charge < -0.3 is 19.5 Å². The van der Waals surface area contributed by atoms with Crippen LogP contribution in [0.3, 0.4) is 0 Å². The smallest absolute Gasteiger partial charge is 0.305 e. The molecule has 1 N–H and O–H groups in total. The number of halogens is 1. The second kappa shape index (κ2) is 7.79. The van der Waals surface area contributed by atoms with Crippen molar-refractivity contribution in [1.82, 2.24) is 19.4 Å². The van der Waals surface area contributed by atoms with Crippen molar-refractivity contribution in [1.29, 1.82) is 0 Å². The van der Waals surface area contributed by atoms with Crippen molar-refractivity contribution >= 4 is 23.5 Å². The Labute approximate surface area is 140 Å². The Morgan fingerprint density at radius 3 is 2.78 bits per heavy atom. The number of hydrogen-bond acceptors (Lipinski definition) is 4. The molecule has 1 aliphatic heterocycles. The highest BCUT2D eigenvalue weighted by atomic mass is 35.5. The van der Waals surface area contributed by atoms with E-state index in [0.29, 0.717) is 29.9 Å². The standard InChI is InChI=1S/C15H23ClN4O3/c1-18(2)11-5-7-19(10-11)14(21)4-3-13-17-9-12(16)20(13)8-6-15(22)23/h9,11H,3-8,10H2,1-2H3,(H,22,23). The van der Waals surface area contributed by atoms with Gasteiger partial charge in [0, 0.05) is 38.5 Å². The van der Waals surface area contributed by atoms with Crippen molar-refractivity contribution in [3.8, 4) is 0 Å². The summed E-state index contributed by atoms with van der Waals surface area (Å²) >= 11 is 6.03. The van der Waals surface area contributed by atoms with Crippen LogP contribution in [0.15, 0.2) is 6.20 Å². The molecular formula is C15H23ClN4O3. The fourth-order valence-electron chi connectivity index (χ4n) is 2.80. The summed E-state index contributed by atoms with van der Waals surface area (Å²) in [6, 6.07) is 0.422. The predicted molar refractivity (Wildman–Crippen MR) is 86.5 cm³/mol. The third kappa shape index (κ3) is 4.68. The van der Waals surface area contributed by atoms with E-state index in [9.17, 15) is 9.59 Å². The van der Waals surface area contributed by atoms with E-state index in [4.69, 9.17) is 16.7 Å². The monoisotopic (exact) mass is 342 g/mol. The van der Waals surface area contributed by atoms with E-state index in [2.05, 4.69) is 9.88 Å². The lowest BCUT2D eigenvalue weighted by Crippen LogP contribution is -2.34. The van der Waals surface area contributed by atoms with E-state index in [1.165, 1.54) is 6.20 Å². The molecule has 2 rings (SSSR count). The summed E-state index contributed by atoms with van der Waals surface area (Å²) in [5.74, 6) is -0.116. The molecular weight excluding hydrogens is 320 g/mol. The normalized spacial score (nSPS) is 17.9. The number of nitrogens with zero attached hydrogens (tertiary/aromatic N) is 4. The number of aryl methyl sites for hydroxylation is 1. The molecule has 0 aromatic carbocycles. The largest absolute Gasteiger partial charge is 0.481 e. The van der Waals surface area contributed by atoms with Crippen LogP contribution in [0.1, 0.15) is 25.1 Å². The molecule has 0 saturated carbocycles. The lowest BCUT2D eigenvalue weighted by molar-refractivity contribution is -0.137. The van der Waals surface area contributed by atoms with Gasteiger partial charge in [0.2, 0.25) is 5.91 Å². The minimum atomic E-state index is -0.886. The van der Waals surface area contributed by atoms with Crippen molar-refractivity contribution in [2.45, 2.75) is 38.3 Å². The zero-order valence-electron chi connectivity index (χ0n) is 13.5. The van der Waals surface area contributed by atoms with Crippen LogP contribution >= 0.6 is 11.6 Å². The fraction of sp³-hybridized carbons (Fsp3) is 0.667. The number of amides is 1. The van der Waals surface area contributed by atoms with E-state index in [0.717, 1.165) is 19.5 Å². The summed E-state index contributed by atoms with van der Waals surface area (Å²) in [6.45, 7) is 1.82. The molecule has 1 aromatic heterocycles. The number of likely N-dealkylation sites (tertiary alicyclic amines) is 1. The summed E-state index contributed by atoms with van der Waals surface area (Å²) in [6.07, 6.45) is 3.31. The lowest BCUT2D eigenvalue weighted by Gasteiger charge is -2.20. The van der Waals surface area contributed by atoms with Gasteiger partial charge in [0.1, 0.15) is 11.0 Å². The van der Waals surface area contributed by atoms with E-state index < -0.39 is 5.97 Å². The Morgan fingerprint density at radius 1 is 1.43 bits per heavy atom. The van der Waals surface area contributed by atoms with E-state index in [1.807, 2.05) is 19.0 Å². The van der Waals surface area contributed by atoms with Gasteiger partial charge in [0.25, 0.3) is 0 Å². The summed E-state index contributed by atoms with van der Waals surface area (Å²) in [5.41, 5.74) is 0. The Hall–Kier alpha value is -1.60. The zero-order chi connectivity index (χ0) is 17.0. The average molecular weight is 343 g/mol. The second-order valence-corrected chi connectivity index (χ2v) is 6.43. The number of aliphatic carboxylic acids is 1. The number of hydrogen-bond donors (Lipinski definition) is 1. The number of carboxylic acids is 1. The van der Waals surface area contributed by atoms with Crippen LogP contribution in [0.2, 0.25) is 5.15 Å². The van der Waals surface area contributed by atoms with Crippen LogP contribution in [0, 0.1) is 0 Å². The molecule has 0 radical (unpaired) electrons. The highest BCUT2D eigenvalue weighted by Gasteiger charge is 2.27. The third-order valence-electron chi connectivity index (χ3n) is 4.25. The molecule has 1 amide bonds. The molecule has 1 saturated heterocycles. The number of carboxylic acid groups (broad SMARTS) is 1. The molecule has 1 aromatic rings. The Kier molecular flexibility index (Phi) is 6.01. The molecule has 1 atom stereocenters. The highest BCUT2D eigenvalue weighted by molar-refractivity contribution is 6.29. The first-order valence-electron chi connectivity index (χ1n) is 7.74. The topological polar surface area (TPSA) is 78.7 Å². The minimum Gasteiger partial charge on any atom is -0.481 e. The van der Waals surface area contributed by atoms with Gasteiger partial charge in [0.05, 0.1) is 12.6 Å². The quantitative estimate of drug-likeness (QED) is 0.803. The maximum Gasteiger partial charge on any atom is 0.305 e. The molecule has 0 aliphatic carbocycles. The van der Waals surface area contributed by atoms with Crippen molar-refractivity contribution in [2.24, 2.45) is 0 Å². The molecule has 128 valence electrons. The molecule has 8 heteroatoms. The van der Waals surface area contributed by atoms with Crippen LogP contribution in [0.25, 0.3) is 0 Å². The van der Waals surface area contributed by atoms with E-state index in [-0.39, 0.29) is 18.9 Å². The van der Waals surface area contributed by atoms with E-state index in [1.54, 1.807) is 4.57 Å². The summed E-state index contributed by atoms with van der Waals surface area (Å²) in [7, 11) is 4.06.